The van der Waals surface area contributed by atoms with E-state index in [1.807, 2.05) is 6.92 Å². The average Bonchev–Trinajstić information content (AvgIpc) is 2.66. The van der Waals surface area contributed by atoms with Crippen molar-refractivity contribution in [3.63, 3.8) is 0 Å². The van der Waals surface area contributed by atoms with Gasteiger partial charge in [-0.1, -0.05) is 6.92 Å². The zero-order valence-electron chi connectivity index (χ0n) is 10.4. The van der Waals surface area contributed by atoms with Gasteiger partial charge in [-0.05, 0) is 25.5 Å². The minimum atomic E-state index is -0.302. The normalized spacial score (nSPS) is 15.6. The Hall–Kier alpha value is -1.07. The number of hydrogen-bond donors (Lipinski definition) is 2. The highest BCUT2D eigenvalue weighted by Crippen LogP contribution is 2.36. The second-order valence-corrected chi connectivity index (χ2v) is 5.33. The molecular weight excluding hydrogens is 234 g/mol. The molecule has 5 heteroatoms. The SMILES string of the molecule is CCNc1sc2c(c1C(N)=O)CCN(CC)C2. The highest BCUT2D eigenvalue weighted by Gasteiger charge is 2.25. The fraction of sp³-hybridized carbons (Fsp3) is 0.583. The molecule has 1 amide bonds. The number of nitrogens with two attached hydrogens (primary N) is 1. The Balaban J connectivity index is 2.38. The van der Waals surface area contributed by atoms with Crippen LogP contribution in [-0.2, 0) is 13.0 Å². The molecule has 0 atom stereocenters. The summed E-state index contributed by atoms with van der Waals surface area (Å²) in [5, 5.41) is 4.19. The number of thiophene rings is 1. The van der Waals surface area contributed by atoms with Crippen molar-refractivity contribution in [1.29, 1.82) is 0 Å². The smallest absolute Gasteiger partial charge is 0.251 e. The molecule has 0 spiro atoms. The van der Waals surface area contributed by atoms with E-state index in [4.69, 9.17) is 5.73 Å². The lowest BCUT2D eigenvalue weighted by atomic mass is 10.0. The van der Waals surface area contributed by atoms with Crippen molar-refractivity contribution in [3.8, 4) is 0 Å². The molecule has 0 fully saturated rings. The van der Waals surface area contributed by atoms with Crippen molar-refractivity contribution in [3.05, 3.63) is 16.0 Å². The topological polar surface area (TPSA) is 58.4 Å². The van der Waals surface area contributed by atoms with Gasteiger partial charge in [-0.25, -0.2) is 0 Å². The standard InChI is InChI=1S/C12H19N3OS/c1-3-14-12-10(11(13)16)8-5-6-15(4-2)7-9(8)17-12/h14H,3-7H2,1-2H3,(H2,13,16). The quantitative estimate of drug-likeness (QED) is 0.858. The van der Waals surface area contributed by atoms with Gasteiger partial charge in [-0.3, -0.25) is 9.69 Å². The summed E-state index contributed by atoms with van der Waals surface area (Å²) < 4.78 is 0. The molecule has 0 saturated carbocycles. The molecule has 17 heavy (non-hydrogen) atoms. The Morgan fingerprint density at radius 3 is 2.88 bits per heavy atom. The molecule has 0 unspecified atom stereocenters. The predicted molar refractivity (Wildman–Crippen MR) is 71.7 cm³/mol. The number of hydrogen-bond acceptors (Lipinski definition) is 4. The number of nitrogens with one attached hydrogen (secondary N) is 1. The lowest BCUT2D eigenvalue weighted by Crippen LogP contribution is -2.30. The van der Waals surface area contributed by atoms with Crippen molar-refractivity contribution in [2.75, 3.05) is 25.0 Å². The van der Waals surface area contributed by atoms with Gasteiger partial charge in [0.15, 0.2) is 0 Å². The van der Waals surface area contributed by atoms with E-state index in [1.165, 1.54) is 10.4 Å². The van der Waals surface area contributed by atoms with Gasteiger partial charge in [0.1, 0.15) is 5.00 Å². The number of carbonyl (C=O) groups is 1. The van der Waals surface area contributed by atoms with Crippen LogP contribution in [0.5, 0.6) is 0 Å². The van der Waals surface area contributed by atoms with Crippen LogP contribution < -0.4 is 11.1 Å². The van der Waals surface area contributed by atoms with Crippen LogP contribution in [0.3, 0.4) is 0 Å². The molecule has 0 aliphatic carbocycles. The molecule has 2 heterocycles. The van der Waals surface area contributed by atoms with Gasteiger partial charge < -0.3 is 11.1 Å². The van der Waals surface area contributed by atoms with Crippen molar-refractivity contribution in [2.24, 2.45) is 5.73 Å². The van der Waals surface area contributed by atoms with Gasteiger partial charge in [0.2, 0.25) is 0 Å². The van der Waals surface area contributed by atoms with Gasteiger partial charge in [-0.2, -0.15) is 0 Å². The third-order valence-corrected chi connectivity index (χ3v) is 4.34. The van der Waals surface area contributed by atoms with Gasteiger partial charge in [0.05, 0.1) is 5.56 Å². The molecule has 4 nitrogen and oxygen atoms in total. The maximum Gasteiger partial charge on any atom is 0.251 e. The summed E-state index contributed by atoms with van der Waals surface area (Å²) >= 11 is 1.68. The van der Waals surface area contributed by atoms with Crippen LogP contribution in [0.2, 0.25) is 0 Å². The van der Waals surface area contributed by atoms with E-state index >= 15 is 0 Å². The number of primary amides is 1. The molecule has 0 radical (unpaired) electrons. The first-order chi connectivity index (χ1) is 8.17. The Kier molecular flexibility index (Phi) is 3.69. The minimum absolute atomic E-state index is 0.302. The first-order valence-electron chi connectivity index (χ1n) is 6.07. The second-order valence-electron chi connectivity index (χ2n) is 4.22. The summed E-state index contributed by atoms with van der Waals surface area (Å²) in [6.45, 7) is 8.03. The van der Waals surface area contributed by atoms with Gasteiger partial charge in [-0.15, -0.1) is 11.3 Å². The molecule has 2 rings (SSSR count). The molecule has 0 saturated heterocycles. The average molecular weight is 253 g/mol. The lowest BCUT2D eigenvalue weighted by Gasteiger charge is -2.25. The van der Waals surface area contributed by atoms with E-state index in [1.54, 1.807) is 11.3 Å². The number of likely N-dealkylation sites (N-methyl/N-ethyl adjacent to an activating group) is 1. The van der Waals surface area contributed by atoms with E-state index in [-0.39, 0.29) is 5.91 Å². The van der Waals surface area contributed by atoms with E-state index in [0.717, 1.165) is 43.2 Å². The van der Waals surface area contributed by atoms with Crippen molar-refractivity contribution in [1.82, 2.24) is 4.90 Å². The molecular formula is C12H19N3OS. The van der Waals surface area contributed by atoms with Crippen LogP contribution in [0.25, 0.3) is 0 Å². The largest absolute Gasteiger partial charge is 0.377 e. The van der Waals surface area contributed by atoms with Crippen molar-refractivity contribution in [2.45, 2.75) is 26.8 Å². The minimum Gasteiger partial charge on any atom is -0.377 e. The Labute approximate surface area is 106 Å². The lowest BCUT2D eigenvalue weighted by molar-refractivity contribution is 0.1000. The van der Waals surface area contributed by atoms with Gasteiger partial charge >= 0.3 is 0 Å². The highest BCUT2D eigenvalue weighted by atomic mass is 32.1. The maximum atomic E-state index is 11.6. The third kappa shape index (κ3) is 2.30. The van der Waals surface area contributed by atoms with Crippen molar-refractivity contribution >= 4 is 22.2 Å². The summed E-state index contributed by atoms with van der Waals surface area (Å²) in [4.78, 5) is 15.2. The molecule has 0 aromatic carbocycles. The fourth-order valence-corrected chi connectivity index (χ4v) is 3.64. The molecule has 1 aliphatic rings. The van der Waals surface area contributed by atoms with E-state index in [2.05, 4.69) is 17.1 Å². The summed E-state index contributed by atoms with van der Waals surface area (Å²) in [5.74, 6) is -0.302. The number of amides is 1. The second kappa shape index (κ2) is 5.06. The molecule has 3 N–H and O–H groups in total. The van der Waals surface area contributed by atoms with E-state index < -0.39 is 0 Å². The molecule has 1 aromatic rings. The van der Waals surface area contributed by atoms with Gasteiger partial charge in [0, 0.05) is 24.5 Å². The summed E-state index contributed by atoms with van der Waals surface area (Å²) in [6.07, 6.45) is 0.934. The zero-order valence-corrected chi connectivity index (χ0v) is 11.2. The fourth-order valence-electron chi connectivity index (χ4n) is 2.27. The Morgan fingerprint density at radius 1 is 1.53 bits per heavy atom. The molecule has 0 bridgehead atoms. The number of nitrogens with zero attached hydrogens (tertiary/aromatic N) is 1. The summed E-state index contributed by atoms with van der Waals surface area (Å²) in [5.41, 5.74) is 7.39. The van der Waals surface area contributed by atoms with Crippen LogP contribution in [0, 0.1) is 0 Å². The van der Waals surface area contributed by atoms with Crippen LogP contribution in [0.1, 0.15) is 34.6 Å². The monoisotopic (exact) mass is 253 g/mol. The summed E-state index contributed by atoms with van der Waals surface area (Å²) in [6, 6.07) is 0. The van der Waals surface area contributed by atoms with Gasteiger partial charge in [0.25, 0.3) is 5.91 Å². The number of carbonyl (C=O) groups excluding carboxylic acids is 1. The van der Waals surface area contributed by atoms with Crippen LogP contribution in [0.4, 0.5) is 5.00 Å². The molecule has 94 valence electrons. The first kappa shape index (κ1) is 12.4. The Bertz CT molecular complexity index is 428. The molecule has 1 aromatic heterocycles. The van der Waals surface area contributed by atoms with E-state index in [9.17, 15) is 4.79 Å². The first-order valence-corrected chi connectivity index (χ1v) is 6.89. The van der Waals surface area contributed by atoms with E-state index in [0.29, 0.717) is 0 Å². The van der Waals surface area contributed by atoms with Crippen molar-refractivity contribution < 1.29 is 4.79 Å². The molecule has 1 aliphatic heterocycles. The highest BCUT2D eigenvalue weighted by molar-refractivity contribution is 7.16. The predicted octanol–water partition coefficient (Wildman–Crippen LogP) is 1.66. The number of fused-ring (bicyclic) bond motifs is 1. The zero-order chi connectivity index (χ0) is 12.4. The van der Waals surface area contributed by atoms with Crippen LogP contribution >= 0.6 is 11.3 Å². The Morgan fingerprint density at radius 2 is 2.29 bits per heavy atom. The summed E-state index contributed by atoms with van der Waals surface area (Å²) in [7, 11) is 0. The van der Waals surface area contributed by atoms with Crippen LogP contribution in [0.15, 0.2) is 0 Å². The van der Waals surface area contributed by atoms with Crippen LogP contribution in [-0.4, -0.2) is 30.4 Å². The number of rotatable bonds is 4. The third-order valence-electron chi connectivity index (χ3n) is 3.17. The maximum absolute atomic E-state index is 11.6. The number of anilines is 1.